The Morgan fingerprint density at radius 2 is 2.05 bits per heavy atom. The van der Waals surface area contributed by atoms with E-state index in [9.17, 15) is 0 Å². The van der Waals surface area contributed by atoms with Crippen LogP contribution in [0, 0.1) is 25.2 Å². The van der Waals surface area contributed by atoms with Crippen molar-refractivity contribution in [2.24, 2.45) is 11.7 Å². The third-order valence-corrected chi connectivity index (χ3v) is 10.1. The second-order valence-corrected chi connectivity index (χ2v) is 14.6. The third-order valence-electron chi connectivity index (χ3n) is 7.82. The summed E-state index contributed by atoms with van der Waals surface area (Å²) in [5, 5.41) is 0. The molecule has 0 aliphatic carbocycles. The molecule has 1 aliphatic heterocycles. The van der Waals surface area contributed by atoms with Gasteiger partial charge in [-0.3, -0.25) is 0 Å². The van der Waals surface area contributed by atoms with E-state index in [1.807, 2.05) is 6.20 Å². The SMILES string of the molecule is C#Cc1cc(C)cc(CN2CCC(c3nccc([CH]=[Nb])c3C=CC[C@H](CC)CCN(CN)S(=C)(=C)C)CC2)c1. The first-order chi connectivity index (χ1) is 18.7. The first kappa shape index (κ1) is 31.8. The Balaban J connectivity index is 1.66. The van der Waals surface area contributed by atoms with Gasteiger partial charge in [0.05, 0.1) is 0 Å². The summed E-state index contributed by atoms with van der Waals surface area (Å²) >= 11 is 1.73. The molecule has 0 spiro atoms. The number of hydrogen-bond donors (Lipinski definition) is 1. The number of piperidine rings is 1. The quantitative estimate of drug-likeness (QED) is 0.135. The summed E-state index contributed by atoms with van der Waals surface area (Å²) in [4.78, 5) is 7.49. The van der Waals surface area contributed by atoms with Crippen molar-refractivity contribution in [2.75, 3.05) is 32.6 Å². The fourth-order valence-corrected chi connectivity index (χ4v) is 6.93. The summed E-state index contributed by atoms with van der Waals surface area (Å²) in [7, 11) is -1.27. The van der Waals surface area contributed by atoms with E-state index in [0.29, 0.717) is 18.5 Å². The van der Waals surface area contributed by atoms with Crippen LogP contribution < -0.4 is 5.73 Å². The number of pyridine rings is 1. The number of nitrogens with zero attached hydrogens (tertiary/aromatic N) is 3. The molecular weight excluding hydrogens is 577 g/mol. The van der Waals surface area contributed by atoms with E-state index in [0.717, 1.165) is 63.8 Å². The van der Waals surface area contributed by atoms with Crippen molar-refractivity contribution >= 4 is 31.4 Å². The van der Waals surface area contributed by atoms with Gasteiger partial charge in [-0.15, -0.1) is 6.42 Å². The van der Waals surface area contributed by atoms with Gasteiger partial charge in [-0.25, -0.2) is 0 Å². The van der Waals surface area contributed by atoms with Crippen molar-refractivity contribution < 1.29 is 20.6 Å². The average Bonchev–Trinajstić information content (AvgIpc) is 2.91. The van der Waals surface area contributed by atoms with E-state index >= 15 is 0 Å². The molecule has 1 atom stereocenters. The fraction of sp³-hybridized carbons (Fsp3) is 0.455. The molecule has 2 aromatic rings. The van der Waals surface area contributed by atoms with E-state index in [1.54, 1.807) is 20.6 Å². The van der Waals surface area contributed by atoms with Crippen molar-refractivity contribution in [3.8, 4) is 12.3 Å². The normalized spacial score (nSPS) is 16.0. The first-order valence-electron chi connectivity index (χ1n) is 14.0. The summed E-state index contributed by atoms with van der Waals surface area (Å²) < 4.78 is 4.50. The van der Waals surface area contributed by atoms with Gasteiger partial charge in [-0.2, -0.15) is 0 Å². The predicted octanol–water partition coefficient (Wildman–Crippen LogP) is 5.70. The molecule has 2 N–H and O–H groups in total. The van der Waals surface area contributed by atoms with Gasteiger partial charge in [-0.1, -0.05) is 5.92 Å². The van der Waals surface area contributed by atoms with Crippen molar-refractivity contribution in [3.63, 3.8) is 0 Å². The van der Waals surface area contributed by atoms with Crippen LogP contribution in [-0.4, -0.2) is 62.7 Å². The number of rotatable bonds is 13. The minimum absolute atomic E-state index is 0.487. The van der Waals surface area contributed by atoms with Crippen LogP contribution in [0.25, 0.3) is 6.08 Å². The predicted molar refractivity (Wildman–Crippen MR) is 171 cm³/mol. The molecule has 1 aromatic carbocycles. The van der Waals surface area contributed by atoms with Gasteiger partial charge in [0.1, 0.15) is 0 Å². The van der Waals surface area contributed by atoms with Gasteiger partial charge in [0.15, 0.2) is 0 Å². The van der Waals surface area contributed by atoms with Gasteiger partial charge < -0.3 is 0 Å². The molecule has 0 unspecified atom stereocenters. The van der Waals surface area contributed by atoms with Gasteiger partial charge >= 0.3 is 226 Å². The summed E-state index contributed by atoms with van der Waals surface area (Å²) in [5.74, 6) is 12.4. The molecule has 6 heteroatoms. The molecule has 1 saturated heterocycles. The Morgan fingerprint density at radius 3 is 2.67 bits per heavy atom. The molecule has 1 aromatic heterocycles. The van der Waals surface area contributed by atoms with E-state index in [1.165, 1.54) is 27.9 Å². The molecule has 39 heavy (non-hydrogen) atoms. The molecule has 0 bridgehead atoms. The number of aromatic nitrogens is 1. The molecule has 0 radical (unpaired) electrons. The van der Waals surface area contributed by atoms with E-state index in [-0.39, 0.29) is 0 Å². The van der Waals surface area contributed by atoms with Crippen molar-refractivity contribution in [3.05, 3.63) is 70.0 Å². The number of allylic oxidation sites excluding steroid dienone is 1. The number of likely N-dealkylation sites (tertiary alicyclic amines) is 1. The zero-order valence-electron chi connectivity index (χ0n) is 24.1. The zero-order valence-corrected chi connectivity index (χ0v) is 27.1. The van der Waals surface area contributed by atoms with Crippen LogP contribution in [0.3, 0.4) is 0 Å². The van der Waals surface area contributed by atoms with Gasteiger partial charge in [0.2, 0.25) is 0 Å². The van der Waals surface area contributed by atoms with Crippen LogP contribution >= 0.6 is 9.39 Å². The maximum atomic E-state index is 5.98. The molecule has 0 saturated carbocycles. The number of nitrogens with two attached hydrogens (primary N) is 1. The average molecular weight is 624 g/mol. The van der Waals surface area contributed by atoms with Crippen molar-refractivity contribution in [2.45, 2.75) is 58.4 Å². The summed E-state index contributed by atoms with van der Waals surface area (Å²) in [6.45, 7) is 9.00. The van der Waals surface area contributed by atoms with Crippen molar-refractivity contribution in [1.29, 1.82) is 0 Å². The van der Waals surface area contributed by atoms with Gasteiger partial charge in [-0.05, 0) is 13.0 Å². The van der Waals surface area contributed by atoms with Gasteiger partial charge in [0, 0.05) is 0 Å². The monoisotopic (exact) mass is 623 g/mol. The maximum absolute atomic E-state index is 5.98. The van der Waals surface area contributed by atoms with Crippen LogP contribution in [-0.2, 0) is 27.1 Å². The molecule has 1 fully saturated rings. The molecule has 1 aliphatic rings. The number of aryl methyl sites for hydroxylation is 1. The van der Waals surface area contributed by atoms with E-state index in [2.05, 4.69) is 87.6 Å². The molecule has 2 heterocycles. The van der Waals surface area contributed by atoms with Crippen LogP contribution in [0.5, 0.6) is 0 Å². The van der Waals surface area contributed by atoms with Crippen LogP contribution in [0.4, 0.5) is 0 Å². The Hall–Kier alpha value is -1.75. The van der Waals surface area contributed by atoms with E-state index in [4.69, 9.17) is 17.1 Å². The molecule has 3 rings (SSSR count). The Kier molecular flexibility index (Phi) is 12.5. The Morgan fingerprint density at radius 1 is 1.31 bits per heavy atom. The molecule has 4 nitrogen and oxygen atoms in total. The molecular formula is C33H46N4NbS. The zero-order chi connectivity index (χ0) is 28.4. The van der Waals surface area contributed by atoms with Crippen LogP contribution in [0.2, 0.25) is 0 Å². The fourth-order valence-electron chi connectivity index (χ4n) is 5.47. The Bertz CT molecular complexity index is 1280. The standard InChI is InChI=1S/C33H46N4S.Nb/c1-8-28(14-20-37(25-34)38(5,6)7)11-10-12-32-27(4)13-17-35-33(32)31-15-18-36(19-16-31)24-30-22-26(3)21-29(9-2)23-30;/h2,4,10,12-13,17,21-23,28,31H,5-6,8,11,14-16,18-20,24-25,34H2,1,3,7H3;/t28-;/m0./s1. The number of terminal acetylenes is 1. The molecule has 0 amide bonds. The second-order valence-electron chi connectivity index (χ2n) is 11.0. The molecule has 209 valence electrons. The van der Waals surface area contributed by atoms with E-state index < -0.39 is 9.39 Å². The first-order valence-corrected chi connectivity index (χ1v) is 17.6. The summed E-state index contributed by atoms with van der Waals surface area (Å²) in [5.41, 5.74) is 13.4. The summed E-state index contributed by atoms with van der Waals surface area (Å²) in [6, 6.07) is 8.64. The van der Waals surface area contributed by atoms with Gasteiger partial charge in [0.25, 0.3) is 0 Å². The second kappa shape index (κ2) is 15.3. The third kappa shape index (κ3) is 9.40. The number of benzene rings is 1. The van der Waals surface area contributed by atoms with Crippen LogP contribution in [0.1, 0.15) is 78.5 Å². The van der Waals surface area contributed by atoms with Crippen LogP contribution in [0.15, 0.2) is 36.5 Å². The topological polar surface area (TPSA) is 45.4 Å². The summed E-state index contributed by atoms with van der Waals surface area (Å²) in [6.07, 6.45) is 20.1. The minimum atomic E-state index is -1.27. The number of hydrogen-bond acceptors (Lipinski definition) is 4. The Labute approximate surface area is 250 Å². The van der Waals surface area contributed by atoms with Crippen molar-refractivity contribution in [1.82, 2.24) is 14.2 Å².